The molecule has 27 heavy (non-hydrogen) atoms. The van der Waals surface area contributed by atoms with Crippen molar-refractivity contribution in [2.75, 3.05) is 13.7 Å². The Kier molecular flexibility index (Phi) is 6.15. The van der Waals surface area contributed by atoms with Gasteiger partial charge in [-0.25, -0.2) is 8.42 Å². The lowest BCUT2D eigenvalue weighted by molar-refractivity contribution is 0.328. The van der Waals surface area contributed by atoms with E-state index in [1.165, 1.54) is 0 Å². The van der Waals surface area contributed by atoms with Crippen LogP contribution in [0.2, 0.25) is 0 Å². The van der Waals surface area contributed by atoms with Crippen LogP contribution in [0, 0.1) is 11.3 Å². The number of methoxy groups -OCH3 is 1. The van der Waals surface area contributed by atoms with Gasteiger partial charge in [-0.05, 0) is 42.2 Å². The lowest BCUT2D eigenvalue weighted by Gasteiger charge is -2.30. The fourth-order valence-corrected chi connectivity index (χ4v) is 5.44. The lowest BCUT2D eigenvalue weighted by Crippen LogP contribution is -2.35. The van der Waals surface area contributed by atoms with Gasteiger partial charge in [0.15, 0.2) is 0 Å². The average Bonchev–Trinajstić information content (AvgIpc) is 2.95. The zero-order valence-corrected chi connectivity index (χ0v) is 16.3. The maximum Gasteiger partial charge on any atom is 0.218 e. The number of hydrogen-bond donors (Lipinski definition) is 0. The van der Waals surface area contributed by atoms with E-state index in [1.807, 2.05) is 24.3 Å². The Balaban J connectivity index is 1.92. The van der Waals surface area contributed by atoms with Crippen molar-refractivity contribution in [2.24, 2.45) is 0 Å². The summed E-state index contributed by atoms with van der Waals surface area (Å²) in [6.07, 6.45) is 3.67. The molecule has 2 aromatic carbocycles. The van der Waals surface area contributed by atoms with Crippen molar-refractivity contribution in [1.82, 2.24) is 4.31 Å². The van der Waals surface area contributed by atoms with Gasteiger partial charge in [0.2, 0.25) is 10.0 Å². The van der Waals surface area contributed by atoms with Crippen molar-refractivity contribution >= 4 is 10.0 Å². The van der Waals surface area contributed by atoms with E-state index in [0.717, 1.165) is 37.0 Å². The first-order chi connectivity index (χ1) is 13.0. The molecule has 0 saturated carbocycles. The second-order valence-corrected chi connectivity index (χ2v) is 8.70. The molecule has 142 valence electrons. The van der Waals surface area contributed by atoms with E-state index in [1.54, 1.807) is 35.7 Å². The summed E-state index contributed by atoms with van der Waals surface area (Å²) in [5.74, 6) is 0.605. The van der Waals surface area contributed by atoms with E-state index in [0.29, 0.717) is 17.7 Å². The summed E-state index contributed by atoms with van der Waals surface area (Å²) < 4.78 is 33.4. The van der Waals surface area contributed by atoms with Crippen molar-refractivity contribution in [2.45, 2.75) is 37.5 Å². The van der Waals surface area contributed by atoms with Crippen LogP contribution in [0.4, 0.5) is 0 Å². The topological polar surface area (TPSA) is 70.4 Å². The van der Waals surface area contributed by atoms with E-state index >= 15 is 0 Å². The Morgan fingerprint density at radius 1 is 1.11 bits per heavy atom. The Morgan fingerprint density at radius 3 is 2.56 bits per heavy atom. The van der Waals surface area contributed by atoms with Gasteiger partial charge >= 0.3 is 0 Å². The number of benzene rings is 2. The number of hydrogen-bond acceptors (Lipinski definition) is 4. The zero-order chi connectivity index (χ0) is 19.3. The smallest absolute Gasteiger partial charge is 0.218 e. The average molecular weight is 385 g/mol. The summed E-state index contributed by atoms with van der Waals surface area (Å²) in [6.45, 7) is 0.508. The standard InChI is InChI=1S/C21H24N2O3S/c1-26-20-12-10-17(11-13-20)21-9-3-2-6-14-23(21)27(24,25)16-19-8-5-4-7-18(19)15-22/h4-5,7-8,10-13,21H,2-3,6,9,14,16H2,1H3/t21-/m1/s1. The molecular formula is C21H24N2O3S. The van der Waals surface area contributed by atoms with Crippen LogP contribution in [0.15, 0.2) is 48.5 Å². The monoisotopic (exact) mass is 384 g/mol. The second kappa shape index (κ2) is 8.55. The molecular weight excluding hydrogens is 360 g/mol. The van der Waals surface area contributed by atoms with Crippen molar-refractivity contribution in [3.63, 3.8) is 0 Å². The van der Waals surface area contributed by atoms with Crippen LogP contribution in [0.5, 0.6) is 5.75 Å². The molecule has 0 radical (unpaired) electrons. The van der Waals surface area contributed by atoms with Gasteiger partial charge in [0.25, 0.3) is 0 Å². The normalized spacial score (nSPS) is 18.4. The van der Waals surface area contributed by atoms with Crippen LogP contribution in [0.1, 0.15) is 48.4 Å². The summed E-state index contributed by atoms with van der Waals surface area (Å²) in [4.78, 5) is 0. The highest BCUT2D eigenvalue weighted by Gasteiger charge is 2.32. The summed E-state index contributed by atoms with van der Waals surface area (Å²) in [7, 11) is -1.94. The first-order valence-electron chi connectivity index (χ1n) is 9.16. The van der Waals surface area contributed by atoms with Gasteiger partial charge in [-0.1, -0.05) is 43.2 Å². The minimum absolute atomic E-state index is 0.149. The van der Waals surface area contributed by atoms with E-state index in [-0.39, 0.29) is 11.8 Å². The SMILES string of the molecule is COc1ccc([C@H]2CCCCCN2S(=O)(=O)Cc2ccccc2C#N)cc1. The number of nitrogens with zero attached hydrogens (tertiary/aromatic N) is 2. The number of nitriles is 1. The highest BCUT2D eigenvalue weighted by atomic mass is 32.2. The summed E-state index contributed by atoms with van der Waals surface area (Å²) >= 11 is 0. The van der Waals surface area contributed by atoms with E-state index in [9.17, 15) is 13.7 Å². The Hall–Kier alpha value is -2.36. The molecule has 3 rings (SSSR count). The molecule has 0 bridgehead atoms. The molecule has 0 aliphatic carbocycles. The number of sulfonamides is 1. The van der Waals surface area contributed by atoms with Gasteiger partial charge in [0.1, 0.15) is 5.75 Å². The first kappa shape index (κ1) is 19.4. The predicted octanol–water partition coefficient (Wildman–Crippen LogP) is 4.01. The van der Waals surface area contributed by atoms with Gasteiger partial charge in [-0.3, -0.25) is 0 Å². The van der Waals surface area contributed by atoms with Crippen LogP contribution in [0.3, 0.4) is 0 Å². The van der Waals surface area contributed by atoms with Gasteiger partial charge in [0.05, 0.1) is 24.5 Å². The predicted molar refractivity (Wildman–Crippen MR) is 105 cm³/mol. The molecule has 0 unspecified atom stereocenters. The summed E-state index contributed by atoms with van der Waals surface area (Å²) in [5, 5.41) is 9.28. The van der Waals surface area contributed by atoms with Crippen molar-refractivity contribution in [3.05, 3.63) is 65.2 Å². The third kappa shape index (κ3) is 4.49. The van der Waals surface area contributed by atoms with Crippen LogP contribution >= 0.6 is 0 Å². The largest absolute Gasteiger partial charge is 0.497 e. The number of ether oxygens (including phenoxy) is 1. The third-order valence-electron chi connectivity index (χ3n) is 5.04. The second-order valence-electron chi connectivity index (χ2n) is 6.77. The molecule has 1 fully saturated rings. The molecule has 0 amide bonds. The molecule has 0 spiro atoms. The molecule has 2 aromatic rings. The molecule has 0 aromatic heterocycles. The van der Waals surface area contributed by atoms with Gasteiger partial charge in [-0.15, -0.1) is 0 Å². The van der Waals surface area contributed by atoms with Crippen molar-refractivity contribution < 1.29 is 13.2 Å². The number of rotatable bonds is 5. The first-order valence-corrected chi connectivity index (χ1v) is 10.8. The van der Waals surface area contributed by atoms with E-state index < -0.39 is 10.0 Å². The van der Waals surface area contributed by atoms with Crippen LogP contribution in [-0.4, -0.2) is 26.4 Å². The Labute approximate surface area is 161 Å². The lowest BCUT2D eigenvalue weighted by atomic mass is 10.0. The van der Waals surface area contributed by atoms with Crippen LogP contribution in [0.25, 0.3) is 0 Å². The van der Waals surface area contributed by atoms with Gasteiger partial charge in [-0.2, -0.15) is 9.57 Å². The van der Waals surface area contributed by atoms with E-state index in [2.05, 4.69) is 6.07 Å². The van der Waals surface area contributed by atoms with Crippen LogP contribution < -0.4 is 4.74 Å². The summed E-state index contributed by atoms with van der Waals surface area (Å²) in [5.41, 5.74) is 1.95. The molecule has 5 nitrogen and oxygen atoms in total. The summed E-state index contributed by atoms with van der Waals surface area (Å²) in [6, 6.07) is 16.4. The maximum absolute atomic E-state index is 13.3. The van der Waals surface area contributed by atoms with E-state index in [4.69, 9.17) is 4.74 Å². The Bertz CT molecular complexity index is 917. The molecule has 0 N–H and O–H groups in total. The fourth-order valence-electron chi connectivity index (χ4n) is 3.61. The fraction of sp³-hybridized carbons (Fsp3) is 0.381. The van der Waals surface area contributed by atoms with Gasteiger partial charge < -0.3 is 4.74 Å². The highest BCUT2D eigenvalue weighted by Crippen LogP contribution is 2.34. The van der Waals surface area contributed by atoms with Gasteiger partial charge in [0, 0.05) is 12.6 Å². The highest BCUT2D eigenvalue weighted by molar-refractivity contribution is 7.88. The van der Waals surface area contributed by atoms with Crippen molar-refractivity contribution in [1.29, 1.82) is 5.26 Å². The molecule has 1 saturated heterocycles. The van der Waals surface area contributed by atoms with Crippen molar-refractivity contribution in [3.8, 4) is 11.8 Å². The molecule has 1 aliphatic rings. The molecule has 1 heterocycles. The Morgan fingerprint density at radius 2 is 1.85 bits per heavy atom. The minimum atomic E-state index is -3.55. The zero-order valence-electron chi connectivity index (χ0n) is 15.5. The quantitative estimate of drug-likeness (QED) is 0.781. The maximum atomic E-state index is 13.3. The minimum Gasteiger partial charge on any atom is -0.497 e. The molecule has 1 atom stereocenters. The molecule has 6 heteroatoms. The molecule has 1 aliphatic heterocycles. The van der Waals surface area contributed by atoms with Crippen LogP contribution in [-0.2, 0) is 15.8 Å². The third-order valence-corrected chi connectivity index (χ3v) is 6.86.